The van der Waals surface area contributed by atoms with Gasteiger partial charge in [-0.3, -0.25) is 4.79 Å². The predicted octanol–water partition coefficient (Wildman–Crippen LogP) is 2.54. The number of hydrogen-bond acceptors (Lipinski definition) is 6. The van der Waals surface area contributed by atoms with Crippen molar-refractivity contribution in [1.29, 1.82) is 0 Å². The fourth-order valence-corrected chi connectivity index (χ4v) is 4.80. The lowest BCUT2D eigenvalue weighted by molar-refractivity contribution is -0.137. The normalized spacial score (nSPS) is 23.7. The highest BCUT2D eigenvalue weighted by molar-refractivity contribution is 7.16. The van der Waals surface area contributed by atoms with Crippen molar-refractivity contribution in [3.8, 4) is 0 Å². The number of fused-ring (bicyclic) bond motifs is 1. The monoisotopic (exact) mass is 395 g/mol. The lowest BCUT2D eigenvalue weighted by atomic mass is 9.94. The van der Waals surface area contributed by atoms with Crippen LogP contribution in [0.4, 0.5) is 5.82 Å². The number of aromatic nitrogens is 2. The Morgan fingerprint density at radius 1 is 1.23 bits per heavy atom. The first-order valence-corrected chi connectivity index (χ1v) is 10.0. The Labute approximate surface area is 164 Å². The molecule has 0 saturated carbocycles. The van der Waals surface area contributed by atoms with Gasteiger partial charge in [-0.1, -0.05) is 0 Å². The average molecular weight is 396 g/mol. The summed E-state index contributed by atoms with van der Waals surface area (Å²) in [6.07, 6.45) is 5.91. The minimum absolute atomic E-state index is 0. The number of anilines is 1. The maximum Gasteiger partial charge on any atom is 0.227 e. The van der Waals surface area contributed by atoms with Crippen molar-refractivity contribution < 1.29 is 4.79 Å². The van der Waals surface area contributed by atoms with Crippen LogP contribution in [-0.4, -0.2) is 60.0 Å². The highest BCUT2D eigenvalue weighted by Gasteiger charge is 2.32. The van der Waals surface area contributed by atoms with E-state index in [0.29, 0.717) is 11.9 Å². The van der Waals surface area contributed by atoms with Gasteiger partial charge < -0.3 is 15.1 Å². The van der Waals surface area contributed by atoms with Crippen LogP contribution in [0.15, 0.2) is 17.8 Å². The third kappa shape index (κ3) is 3.80. The number of nitrogens with one attached hydrogen (secondary N) is 1. The van der Waals surface area contributed by atoms with Crippen LogP contribution >= 0.6 is 23.7 Å². The maximum atomic E-state index is 13.0. The molecule has 6 nitrogen and oxygen atoms in total. The molecular weight excluding hydrogens is 370 g/mol. The minimum Gasteiger partial charge on any atom is -0.355 e. The molecule has 0 radical (unpaired) electrons. The second-order valence-electron chi connectivity index (χ2n) is 7.03. The number of carbonyl (C=O) groups excluding carboxylic acids is 1. The Hall–Kier alpha value is -1.44. The number of likely N-dealkylation sites (tertiary alicyclic amines) is 1. The van der Waals surface area contributed by atoms with Crippen LogP contribution in [-0.2, 0) is 4.79 Å². The van der Waals surface area contributed by atoms with Gasteiger partial charge in [-0.25, -0.2) is 9.97 Å². The Kier molecular flexibility index (Phi) is 6.32. The summed E-state index contributed by atoms with van der Waals surface area (Å²) >= 11 is 1.64. The zero-order chi connectivity index (χ0) is 17.2. The van der Waals surface area contributed by atoms with Crippen molar-refractivity contribution >= 4 is 45.7 Å². The van der Waals surface area contributed by atoms with Gasteiger partial charge in [0, 0.05) is 32.2 Å². The van der Waals surface area contributed by atoms with Gasteiger partial charge in [0.1, 0.15) is 17.0 Å². The molecule has 26 heavy (non-hydrogen) atoms. The smallest absolute Gasteiger partial charge is 0.227 e. The highest BCUT2D eigenvalue weighted by Crippen LogP contribution is 2.30. The number of piperidine rings is 2. The van der Waals surface area contributed by atoms with E-state index in [1.807, 2.05) is 7.05 Å². The van der Waals surface area contributed by atoms with Crippen LogP contribution in [0.1, 0.15) is 25.7 Å². The number of rotatable bonds is 3. The maximum absolute atomic E-state index is 13.0. The third-order valence-electron chi connectivity index (χ3n) is 5.45. The van der Waals surface area contributed by atoms with Crippen molar-refractivity contribution in [1.82, 2.24) is 20.2 Å². The summed E-state index contributed by atoms with van der Waals surface area (Å²) in [5, 5.41) is 6.49. The van der Waals surface area contributed by atoms with Crippen LogP contribution in [0, 0.1) is 5.92 Å². The van der Waals surface area contributed by atoms with Crippen LogP contribution in [0.25, 0.3) is 10.2 Å². The van der Waals surface area contributed by atoms with Gasteiger partial charge in [-0.15, -0.1) is 23.7 Å². The van der Waals surface area contributed by atoms with E-state index in [1.54, 1.807) is 17.7 Å². The van der Waals surface area contributed by atoms with Crippen LogP contribution in [0.2, 0.25) is 0 Å². The lowest BCUT2D eigenvalue weighted by Crippen LogP contribution is -2.51. The topological polar surface area (TPSA) is 61.4 Å². The van der Waals surface area contributed by atoms with Gasteiger partial charge in [0.25, 0.3) is 0 Å². The molecule has 2 aromatic rings. The van der Waals surface area contributed by atoms with Crippen LogP contribution in [0.5, 0.6) is 0 Å². The Morgan fingerprint density at radius 2 is 2.08 bits per heavy atom. The molecule has 2 atom stereocenters. The summed E-state index contributed by atoms with van der Waals surface area (Å²) in [7, 11) is 1.99. The molecule has 1 N–H and O–H groups in total. The summed E-state index contributed by atoms with van der Waals surface area (Å²) < 4.78 is 0. The van der Waals surface area contributed by atoms with Crippen molar-refractivity contribution in [3.05, 3.63) is 17.8 Å². The minimum atomic E-state index is 0. The zero-order valence-corrected chi connectivity index (χ0v) is 16.7. The highest BCUT2D eigenvalue weighted by atomic mass is 35.5. The van der Waals surface area contributed by atoms with E-state index in [9.17, 15) is 4.79 Å². The first-order valence-electron chi connectivity index (χ1n) is 9.15. The molecule has 1 amide bonds. The largest absolute Gasteiger partial charge is 0.355 e. The molecule has 4 rings (SSSR count). The summed E-state index contributed by atoms with van der Waals surface area (Å²) in [4.78, 5) is 27.3. The molecule has 0 bridgehead atoms. The molecule has 0 aliphatic carbocycles. The van der Waals surface area contributed by atoms with Crippen LogP contribution < -0.4 is 10.2 Å². The molecule has 2 aromatic heterocycles. The van der Waals surface area contributed by atoms with E-state index in [-0.39, 0.29) is 18.3 Å². The van der Waals surface area contributed by atoms with Crippen molar-refractivity contribution in [2.75, 3.05) is 38.1 Å². The summed E-state index contributed by atoms with van der Waals surface area (Å²) in [5.74, 6) is 1.38. The predicted molar refractivity (Wildman–Crippen MR) is 108 cm³/mol. The quantitative estimate of drug-likeness (QED) is 0.865. The van der Waals surface area contributed by atoms with E-state index in [2.05, 4.69) is 36.5 Å². The molecular formula is C18H26ClN5OS. The third-order valence-corrected chi connectivity index (χ3v) is 6.27. The van der Waals surface area contributed by atoms with Gasteiger partial charge in [0.05, 0.1) is 11.3 Å². The van der Waals surface area contributed by atoms with E-state index < -0.39 is 0 Å². The summed E-state index contributed by atoms with van der Waals surface area (Å²) in [6.45, 7) is 3.47. The van der Waals surface area contributed by atoms with Gasteiger partial charge in [0.2, 0.25) is 5.91 Å². The Bertz CT molecular complexity index is 754. The summed E-state index contributed by atoms with van der Waals surface area (Å²) in [6, 6.07) is 2.52. The van der Waals surface area contributed by atoms with E-state index >= 15 is 0 Å². The van der Waals surface area contributed by atoms with Crippen molar-refractivity contribution in [3.63, 3.8) is 0 Å². The lowest BCUT2D eigenvalue weighted by Gasteiger charge is -2.38. The van der Waals surface area contributed by atoms with Crippen LogP contribution in [0.3, 0.4) is 0 Å². The number of likely N-dealkylation sites (N-methyl/N-ethyl adjacent to an activating group) is 1. The molecule has 2 fully saturated rings. The molecule has 8 heteroatoms. The molecule has 4 heterocycles. The molecule has 0 aromatic carbocycles. The Balaban J connectivity index is 0.00000196. The fourth-order valence-electron chi connectivity index (χ4n) is 4.07. The van der Waals surface area contributed by atoms with Crippen molar-refractivity contribution in [2.24, 2.45) is 5.92 Å². The number of thiophene rings is 1. The number of carbonyl (C=O) groups is 1. The van der Waals surface area contributed by atoms with Crippen molar-refractivity contribution in [2.45, 2.75) is 31.7 Å². The fraction of sp³-hybridized carbons (Fsp3) is 0.611. The first kappa shape index (κ1) is 19.3. The van der Waals surface area contributed by atoms with Gasteiger partial charge >= 0.3 is 0 Å². The SMILES string of the molecule is CNC1CCCN(C(=O)C2CCCN(c3ncnc4sccc34)C2)C1.Cl. The standard InChI is InChI=1S/C18H25N5OS.ClH/c1-19-14-5-3-8-23(11-14)18(24)13-4-2-7-22(10-13)16-15-6-9-25-17(15)21-12-20-16;/h6,9,12-14,19H,2-5,7-8,10-11H2,1H3;1H. The molecule has 0 spiro atoms. The zero-order valence-electron chi connectivity index (χ0n) is 15.1. The van der Waals surface area contributed by atoms with Gasteiger partial charge in [-0.05, 0) is 44.2 Å². The van der Waals surface area contributed by atoms with Gasteiger partial charge in [0.15, 0.2) is 0 Å². The molecule has 142 valence electrons. The average Bonchev–Trinajstić information content (AvgIpc) is 3.16. The molecule has 2 aliphatic rings. The number of nitrogens with zero attached hydrogens (tertiary/aromatic N) is 4. The van der Waals surface area contributed by atoms with E-state index in [1.165, 1.54) is 0 Å². The first-order chi connectivity index (χ1) is 12.3. The number of amides is 1. The number of halogens is 1. The molecule has 2 unspecified atom stereocenters. The second-order valence-corrected chi connectivity index (χ2v) is 7.93. The Morgan fingerprint density at radius 3 is 2.92 bits per heavy atom. The van der Waals surface area contributed by atoms with Gasteiger partial charge in [-0.2, -0.15) is 0 Å². The van der Waals surface area contributed by atoms with E-state index in [0.717, 1.165) is 67.9 Å². The number of hydrogen-bond donors (Lipinski definition) is 1. The summed E-state index contributed by atoms with van der Waals surface area (Å²) in [5.41, 5.74) is 0. The molecule has 2 aliphatic heterocycles. The van der Waals surface area contributed by atoms with E-state index in [4.69, 9.17) is 0 Å². The second kappa shape index (κ2) is 8.50. The molecule has 2 saturated heterocycles.